The van der Waals surface area contributed by atoms with E-state index in [0.29, 0.717) is 5.41 Å². The number of halogens is 2. The van der Waals surface area contributed by atoms with E-state index in [1.54, 1.807) is 22.3 Å². The van der Waals surface area contributed by atoms with E-state index < -0.39 is 23.2 Å². The summed E-state index contributed by atoms with van der Waals surface area (Å²) in [6, 6.07) is 0. The molecule has 0 aromatic rings. The van der Waals surface area contributed by atoms with E-state index in [9.17, 15) is 0 Å². The van der Waals surface area contributed by atoms with Gasteiger partial charge in [0.1, 0.15) is 0 Å². The maximum absolute atomic E-state index is 2.62. The third-order valence-electron chi connectivity index (χ3n) is 6.74. The van der Waals surface area contributed by atoms with Crippen molar-refractivity contribution in [3.63, 3.8) is 0 Å². The first-order chi connectivity index (χ1) is 10.9. The van der Waals surface area contributed by atoms with Gasteiger partial charge in [-0.1, -0.05) is 0 Å². The summed E-state index contributed by atoms with van der Waals surface area (Å²) >= 11 is -0.685. The molecule has 1 saturated carbocycles. The van der Waals surface area contributed by atoms with Crippen LogP contribution in [0.5, 0.6) is 0 Å². The Kier molecular flexibility index (Phi) is 8.52. The van der Waals surface area contributed by atoms with Crippen LogP contribution >= 0.6 is 0 Å². The van der Waals surface area contributed by atoms with Crippen LogP contribution in [-0.2, 0) is 23.2 Å². The van der Waals surface area contributed by atoms with Crippen molar-refractivity contribution in [1.29, 1.82) is 0 Å². The van der Waals surface area contributed by atoms with Crippen molar-refractivity contribution in [3.05, 3.63) is 40.5 Å². The Hall–Kier alpha value is 0.423. The topological polar surface area (TPSA) is 0 Å². The predicted octanol–water partition coefficient (Wildman–Crippen LogP) is 0.912. The SMILES string of the molecule is CCC1=[C]([Zr+2][C]2=C(C)C(C)=C(C)C2(C)C)C(C2CCCC2)=CC1.[Cl-].[Cl-]. The number of hydrogen-bond acceptors (Lipinski definition) is 0. The molecule has 0 spiro atoms. The fourth-order valence-corrected chi connectivity index (χ4v) is 9.69. The summed E-state index contributed by atoms with van der Waals surface area (Å²) in [6.45, 7) is 14.4. The van der Waals surface area contributed by atoms with Crippen LogP contribution in [0.3, 0.4) is 0 Å². The molecule has 0 amide bonds. The number of allylic oxidation sites excluding steroid dienone is 8. The molecular formula is C22H32Cl2Zr. The van der Waals surface area contributed by atoms with Crippen LogP contribution in [-0.4, -0.2) is 0 Å². The molecule has 3 rings (SSSR count). The molecule has 0 aromatic heterocycles. The fourth-order valence-electron chi connectivity index (χ4n) is 4.70. The Morgan fingerprint density at radius 2 is 1.64 bits per heavy atom. The third kappa shape index (κ3) is 4.15. The minimum absolute atomic E-state index is 0. The van der Waals surface area contributed by atoms with Crippen molar-refractivity contribution >= 4 is 0 Å². The molecule has 0 aliphatic heterocycles. The molecule has 3 heteroatoms. The number of hydrogen-bond donors (Lipinski definition) is 0. The van der Waals surface area contributed by atoms with Crippen LogP contribution in [0.25, 0.3) is 0 Å². The van der Waals surface area contributed by atoms with E-state index in [-0.39, 0.29) is 24.8 Å². The Labute approximate surface area is 179 Å². The summed E-state index contributed by atoms with van der Waals surface area (Å²) in [5.74, 6) is 0.899. The smallest absolute Gasteiger partial charge is 1.00 e. The Morgan fingerprint density at radius 3 is 2.12 bits per heavy atom. The van der Waals surface area contributed by atoms with Crippen molar-refractivity contribution in [2.24, 2.45) is 11.3 Å². The van der Waals surface area contributed by atoms with Crippen molar-refractivity contribution in [3.8, 4) is 0 Å². The molecule has 0 N–H and O–H groups in total. The predicted molar refractivity (Wildman–Crippen MR) is 96.8 cm³/mol. The molecule has 0 radical (unpaired) electrons. The molecule has 0 aromatic carbocycles. The third-order valence-corrected chi connectivity index (χ3v) is 12.0. The summed E-state index contributed by atoms with van der Waals surface area (Å²) in [7, 11) is 0. The van der Waals surface area contributed by atoms with Gasteiger partial charge in [0.15, 0.2) is 0 Å². The van der Waals surface area contributed by atoms with Crippen molar-refractivity contribution in [2.75, 3.05) is 0 Å². The largest absolute Gasteiger partial charge is 1.00 e. The summed E-state index contributed by atoms with van der Waals surface area (Å²) < 4.78 is 3.75. The van der Waals surface area contributed by atoms with E-state index in [1.165, 1.54) is 38.5 Å². The molecule has 0 nitrogen and oxygen atoms in total. The van der Waals surface area contributed by atoms with Crippen LogP contribution in [0.2, 0.25) is 0 Å². The molecule has 0 atom stereocenters. The second-order valence-corrected chi connectivity index (χ2v) is 11.2. The van der Waals surface area contributed by atoms with Crippen LogP contribution in [0, 0.1) is 11.3 Å². The van der Waals surface area contributed by atoms with Gasteiger partial charge in [0.05, 0.1) is 0 Å². The van der Waals surface area contributed by atoms with Gasteiger partial charge < -0.3 is 24.8 Å². The monoisotopic (exact) mass is 456 g/mol. The maximum Gasteiger partial charge on any atom is -1.00 e. The summed E-state index contributed by atoms with van der Waals surface area (Å²) in [5.41, 5.74) is 8.75. The van der Waals surface area contributed by atoms with Gasteiger partial charge in [-0.2, -0.15) is 0 Å². The van der Waals surface area contributed by atoms with Crippen LogP contribution < -0.4 is 24.8 Å². The van der Waals surface area contributed by atoms with Crippen molar-refractivity contribution in [1.82, 2.24) is 0 Å². The Morgan fingerprint density at radius 1 is 1.04 bits per heavy atom. The van der Waals surface area contributed by atoms with Crippen LogP contribution in [0.15, 0.2) is 40.5 Å². The minimum atomic E-state index is -0.685. The summed E-state index contributed by atoms with van der Waals surface area (Å²) in [4.78, 5) is 0. The fraction of sp³-hybridized carbons (Fsp3) is 0.636. The summed E-state index contributed by atoms with van der Waals surface area (Å²) in [6.07, 6.45) is 10.9. The van der Waals surface area contributed by atoms with Crippen LogP contribution in [0.4, 0.5) is 0 Å². The molecular weight excluding hydrogens is 426 g/mol. The van der Waals surface area contributed by atoms with E-state index in [1.807, 2.05) is 12.1 Å². The average molecular weight is 459 g/mol. The molecule has 1 fully saturated rings. The van der Waals surface area contributed by atoms with E-state index in [0.717, 1.165) is 5.92 Å². The van der Waals surface area contributed by atoms with E-state index in [2.05, 4.69) is 47.6 Å². The average Bonchev–Trinajstić information content (AvgIpc) is 3.20. The molecule has 3 aliphatic carbocycles. The molecule has 0 saturated heterocycles. The standard InChI is InChI=1S/C12H17.C10H15.2ClH.Zr/c1-2-10-7-8-12(9-10)11-5-3-4-6-11;1-7-6-10(4,5)9(3)8(7)2;;;/h8,11H,2-7H2,1H3;1-5H3;2*1H;/q;;;;+2/p-2. The normalized spacial score (nSPS) is 22.9. The van der Waals surface area contributed by atoms with Crippen molar-refractivity contribution in [2.45, 2.75) is 80.1 Å². The van der Waals surface area contributed by atoms with Crippen molar-refractivity contribution < 1.29 is 48.0 Å². The molecule has 25 heavy (non-hydrogen) atoms. The van der Waals surface area contributed by atoms with Gasteiger partial charge in [0, 0.05) is 0 Å². The molecule has 0 bridgehead atoms. The Balaban J connectivity index is 0.00000156. The van der Waals surface area contributed by atoms with E-state index >= 15 is 0 Å². The van der Waals surface area contributed by atoms with Gasteiger partial charge in [-0.05, 0) is 0 Å². The van der Waals surface area contributed by atoms with E-state index in [4.69, 9.17) is 0 Å². The first kappa shape index (κ1) is 23.5. The van der Waals surface area contributed by atoms with Gasteiger partial charge in [0.2, 0.25) is 0 Å². The minimum Gasteiger partial charge on any atom is -1.00 e. The first-order valence-electron chi connectivity index (χ1n) is 9.47. The zero-order chi connectivity index (χ0) is 16.8. The molecule has 0 unspecified atom stereocenters. The summed E-state index contributed by atoms with van der Waals surface area (Å²) in [5, 5.41) is 0. The maximum atomic E-state index is 2.62. The zero-order valence-electron chi connectivity index (χ0n) is 16.7. The van der Waals surface area contributed by atoms with Gasteiger partial charge in [-0.25, -0.2) is 0 Å². The van der Waals surface area contributed by atoms with Crippen LogP contribution in [0.1, 0.15) is 80.1 Å². The van der Waals surface area contributed by atoms with Gasteiger partial charge in [-0.3, -0.25) is 0 Å². The second-order valence-electron chi connectivity index (χ2n) is 8.18. The molecule has 3 aliphatic rings. The Bertz CT molecular complexity index is 641. The zero-order valence-corrected chi connectivity index (χ0v) is 20.6. The quantitative estimate of drug-likeness (QED) is 0.588. The molecule has 138 valence electrons. The van der Waals surface area contributed by atoms with Gasteiger partial charge in [-0.15, -0.1) is 0 Å². The first-order valence-corrected chi connectivity index (χ1v) is 11.9. The second kappa shape index (κ2) is 9.08. The van der Waals surface area contributed by atoms with Gasteiger partial charge >= 0.3 is 155 Å². The number of rotatable bonds is 4. The van der Waals surface area contributed by atoms with Gasteiger partial charge in [0.25, 0.3) is 0 Å². The molecule has 0 heterocycles.